The summed E-state index contributed by atoms with van der Waals surface area (Å²) in [6, 6.07) is 1.42. The quantitative estimate of drug-likeness (QED) is 0.645. The average molecular weight is 279 g/mol. The van der Waals surface area contributed by atoms with E-state index in [0.29, 0.717) is 11.4 Å². The normalized spacial score (nSPS) is 15.7. The predicted octanol–water partition coefficient (Wildman–Crippen LogP) is 2.72. The first-order valence-electron chi connectivity index (χ1n) is 7.00. The molecule has 0 spiro atoms. The standard InChI is InChI=1S/C14H21N3O3/c1-3-10(7-9-4-5-9)16-14(20)17-11-6-8(2)15-12(11)13(18)19/h6,9-10,15H,3-5,7H2,1-2H3,(H,18,19)(H2,16,17,20). The van der Waals surface area contributed by atoms with E-state index in [9.17, 15) is 9.59 Å². The fourth-order valence-corrected chi connectivity index (χ4v) is 2.28. The number of aromatic nitrogens is 1. The number of carbonyl (C=O) groups is 2. The molecule has 6 heteroatoms. The van der Waals surface area contributed by atoms with E-state index in [4.69, 9.17) is 5.11 Å². The highest BCUT2D eigenvalue weighted by Crippen LogP contribution is 2.34. The van der Waals surface area contributed by atoms with Gasteiger partial charge in [-0.05, 0) is 31.7 Å². The third-order valence-electron chi connectivity index (χ3n) is 3.56. The van der Waals surface area contributed by atoms with Gasteiger partial charge in [-0.25, -0.2) is 9.59 Å². The Hall–Kier alpha value is -1.98. The molecule has 0 saturated heterocycles. The van der Waals surface area contributed by atoms with E-state index in [2.05, 4.69) is 15.6 Å². The van der Waals surface area contributed by atoms with Gasteiger partial charge in [-0.3, -0.25) is 0 Å². The van der Waals surface area contributed by atoms with Crippen molar-refractivity contribution in [1.82, 2.24) is 10.3 Å². The van der Waals surface area contributed by atoms with Gasteiger partial charge in [0.2, 0.25) is 0 Å². The van der Waals surface area contributed by atoms with Gasteiger partial charge in [0.05, 0.1) is 5.69 Å². The van der Waals surface area contributed by atoms with Gasteiger partial charge in [0.1, 0.15) is 5.69 Å². The number of aromatic amines is 1. The van der Waals surface area contributed by atoms with E-state index in [-0.39, 0.29) is 17.8 Å². The lowest BCUT2D eigenvalue weighted by atomic mass is 10.1. The summed E-state index contributed by atoms with van der Waals surface area (Å²) in [5.41, 5.74) is 1.00. The lowest BCUT2D eigenvalue weighted by Gasteiger charge is -2.17. The number of aromatic carboxylic acids is 1. The first kappa shape index (κ1) is 14.4. The highest BCUT2D eigenvalue weighted by Gasteiger charge is 2.25. The van der Waals surface area contributed by atoms with Gasteiger partial charge in [-0.1, -0.05) is 19.8 Å². The van der Waals surface area contributed by atoms with E-state index in [1.807, 2.05) is 6.92 Å². The molecular formula is C14H21N3O3. The zero-order valence-corrected chi connectivity index (χ0v) is 11.8. The number of carboxylic acids is 1. The lowest BCUT2D eigenvalue weighted by Crippen LogP contribution is -2.38. The van der Waals surface area contributed by atoms with Crippen LogP contribution in [0.2, 0.25) is 0 Å². The number of nitrogens with one attached hydrogen (secondary N) is 3. The summed E-state index contributed by atoms with van der Waals surface area (Å²) in [7, 11) is 0. The summed E-state index contributed by atoms with van der Waals surface area (Å²) in [6.07, 6.45) is 4.38. The number of urea groups is 1. The molecule has 2 amide bonds. The fourth-order valence-electron chi connectivity index (χ4n) is 2.28. The molecule has 1 saturated carbocycles. The number of carbonyl (C=O) groups excluding carboxylic acids is 1. The Bertz CT molecular complexity index is 506. The minimum atomic E-state index is -1.08. The van der Waals surface area contributed by atoms with E-state index in [0.717, 1.165) is 18.8 Å². The molecule has 6 nitrogen and oxygen atoms in total. The molecule has 0 bridgehead atoms. The lowest BCUT2D eigenvalue weighted by molar-refractivity contribution is 0.0692. The number of H-pyrrole nitrogens is 1. The Kier molecular flexibility index (Phi) is 4.32. The van der Waals surface area contributed by atoms with Crippen LogP contribution in [-0.4, -0.2) is 28.1 Å². The molecule has 1 unspecified atom stereocenters. The SMILES string of the molecule is CCC(CC1CC1)NC(=O)Nc1cc(C)[nH]c1C(=O)O. The first-order chi connectivity index (χ1) is 9.49. The summed E-state index contributed by atoms with van der Waals surface area (Å²) >= 11 is 0. The van der Waals surface area contributed by atoms with Crippen molar-refractivity contribution < 1.29 is 14.7 Å². The number of anilines is 1. The van der Waals surface area contributed by atoms with Crippen molar-refractivity contribution in [2.24, 2.45) is 5.92 Å². The molecule has 1 aliphatic rings. The number of hydrogen-bond donors (Lipinski definition) is 4. The van der Waals surface area contributed by atoms with Gasteiger partial charge in [-0.15, -0.1) is 0 Å². The average Bonchev–Trinajstić information content (AvgIpc) is 3.11. The third kappa shape index (κ3) is 3.76. The van der Waals surface area contributed by atoms with Crippen LogP contribution in [0.4, 0.5) is 10.5 Å². The second-order valence-electron chi connectivity index (χ2n) is 5.43. The van der Waals surface area contributed by atoms with E-state index < -0.39 is 5.97 Å². The van der Waals surface area contributed by atoms with Gasteiger partial charge in [0.15, 0.2) is 0 Å². The molecule has 1 atom stereocenters. The summed E-state index contributed by atoms with van der Waals surface area (Å²) in [4.78, 5) is 25.7. The van der Waals surface area contributed by atoms with Crippen molar-refractivity contribution >= 4 is 17.7 Å². The maximum Gasteiger partial charge on any atom is 0.354 e. The van der Waals surface area contributed by atoms with Crippen molar-refractivity contribution in [3.05, 3.63) is 17.5 Å². The predicted molar refractivity (Wildman–Crippen MR) is 76.1 cm³/mol. The molecule has 0 aliphatic heterocycles. The summed E-state index contributed by atoms with van der Waals surface area (Å²) in [6.45, 7) is 3.79. The van der Waals surface area contributed by atoms with Crippen molar-refractivity contribution in [3.63, 3.8) is 0 Å². The summed E-state index contributed by atoms with van der Waals surface area (Å²) < 4.78 is 0. The maximum atomic E-state index is 11.9. The summed E-state index contributed by atoms with van der Waals surface area (Å²) in [5, 5.41) is 14.6. The second-order valence-corrected chi connectivity index (χ2v) is 5.43. The molecular weight excluding hydrogens is 258 g/mol. The molecule has 0 aromatic carbocycles. The zero-order valence-electron chi connectivity index (χ0n) is 11.8. The zero-order chi connectivity index (χ0) is 14.7. The Balaban J connectivity index is 1.94. The monoisotopic (exact) mass is 279 g/mol. The molecule has 20 heavy (non-hydrogen) atoms. The van der Waals surface area contributed by atoms with Crippen LogP contribution in [0, 0.1) is 12.8 Å². The Labute approximate surface area is 118 Å². The van der Waals surface area contributed by atoms with Crippen molar-refractivity contribution in [2.75, 3.05) is 5.32 Å². The van der Waals surface area contributed by atoms with E-state index in [1.54, 1.807) is 13.0 Å². The van der Waals surface area contributed by atoms with Crippen LogP contribution >= 0.6 is 0 Å². The van der Waals surface area contributed by atoms with Gasteiger partial charge in [-0.2, -0.15) is 0 Å². The first-order valence-corrected chi connectivity index (χ1v) is 7.00. The Morgan fingerprint density at radius 3 is 2.75 bits per heavy atom. The molecule has 1 aromatic rings. The molecule has 1 heterocycles. The fraction of sp³-hybridized carbons (Fsp3) is 0.571. The highest BCUT2D eigenvalue weighted by molar-refractivity contribution is 5.99. The van der Waals surface area contributed by atoms with Crippen LogP contribution in [0.25, 0.3) is 0 Å². The van der Waals surface area contributed by atoms with Crippen LogP contribution < -0.4 is 10.6 Å². The minimum Gasteiger partial charge on any atom is -0.477 e. The van der Waals surface area contributed by atoms with Gasteiger partial charge < -0.3 is 20.7 Å². The van der Waals surface area contributed by atoms with E-state index >= 15 is 0 Å². The number of aryl methyl sites for hydroxylation is 1. The second kappa shape index (κ2) is 5.98. The number of rotatable bonds is 6. The van der Waals surface area contributed by atoms with Crippen LogP contribution in [0.1, 0.15) is 48.8 Å². The molecule has 0 radical (unpaired) electrons. The van der Waals surface area contributed by atoms with E-state index in [1.165, 1.54) is 12.8 Å². The number of amides is 2. The third-order valence-corrected chi connectivity index (χ3v) is 3.56. The Morgan fingerprint density at radius 2 is 2.20 bits per heavy atom. The largest absolute Gasteiger partial charge is 0.477 e. The van der Waals surface area contributed by atoms with Gasteiger partial charge in [0.25, 0.3) is 0 Å². The van der Waals surface area contributed by atoms with Crippen molar-refractivity contribution in [2.45, 2.75) is 45.6 Å². The minimum absolute atomic E-state index is 0.00731. The van der Waals surface area contributed by atoms with Crippen LogP contribution in [-0.2, 0) is 0 Å². The van der Waals surface area contributed by atoms with Gasteiger partial charge in [0, 0.05) is 11.7 Å². The highest BCUT2D eigenvalue weighted by atomic mass is 16.4. The maximum absolute atomic E-state index is 11.9. The number of hydrogen-bond acceptors (Lipinski definition) is 2. The van der Waals surface area contributed by atoms with Crippen LogP contribution in [0.3, 0.4) is 0 Å². The molecule has 1 fully saturated rings. The Morgan fingerprint density at radius 1 is 1.50 bits per heavy atom. The number of carboxylic acid groups (broad SMARTS) is 1. The topological polar surface area (TPSA) is 94.2 Å². The smallest absolute Gasteiger partial charge is 0.354 e. The molecule has 1 aromatic heterocycles. The van der Waals surface area contributed by atoms with Crippen LogP contribution in [0.15, 0.2) is 6.07 Å². The van der Waals surface area contributed by atoms with Crippen molar-refractivity contribution in [3.8, 4) is 0 Å². The van der Waals surface area contributed by atoms with Gasteiger partial charge >= 0.3 is 12.0 Å². The molecule has 2 rings (SSSR count). The molecule has 4 N–H and O–H groups in total. The van der Waals surface area contributed by atoms with Crippen LogP contribution in [0.5, 0.6) is 0 Å². The molecule has 1 aliphatic carbocycles. The summed E-state index contributed by atoms with van der Waals surface area (Å²) in [5.74, 6) is -0.345. The molecule has 110 valence electrons. The van der Waals surface area contributed by atoms with Crippen molar-refractivity contribution in [1.29, 1.82) is 0 Å².